The first-order valence-electron chi connectivity index (χ1n) is 6.26. The summed E-state index contributed by atoms with van der Waals surface area (Å²) in [7, 11) is 3.30. The van der Waals surface area contributed by atoms with E-state index >= 15 is 0 Å². The molecular weight excluding hydrogens is 238 g/mol. The number of nitrogens with two attached hydrogens (primary N) is 1. The third-order valence-corrected chi connectivity index (χ3v) is 3.16. The molecule has 0 heterocycles. The van der Waals surface area contributed by atoms with Crippen molar-refractivity contribution in [2.45, 2.75) is 12.5 Å². The van der Waals surface area contributed by atoms with Crippen LogP contribution in [0.4, 0.5) is 0 Å². The molecule has 0 aliphatic carbocycles. The second-order valence-corrected chi connectivity index (χ2v) is 4.40. The largest absolute Gasteiger partial charge is 0.497 e. The minimum Gasteiger partial charge on any atom is -0.497 e. The fourth-order valence-electron chi connectivity index (χ4n) is 2.08. The summed E-state index contributed by atoms with van der Waals surface area (Å²) < 4.78 is 10.6. The van der Waals surface area contributed by atoms with Gasteiger partial charge in [0.05, 0.1) is 14.2 Å². The second kappa shape index (κ2) is 6.25. The first kappa shape index (κ1) is 13.4. The highest BCUT2D eigenvalue weighted by Crippen LogP contribution is 2.27. The number of ether oxygens (including phenoxy) is 2. The van der Waals surface area contributed by atoms with Gasteiger partial charge in [0.25, 0.3) is 0 Å². The van der Waals surface area contributed by atoms with E-state index in [0.717, 1.165) is 29.0 Å². The van der Waals surface area contributed by atoms with Crippen molar-refractivity contribution in [3.63, 3.8) is 0 Å². The maximum Gasteiger partial charge on any atom is 0.125 e. The van der Waals surface area contributed by atoms with Crippen molar-refractivity contribution in [2.24, 2.45) is 5.73 Å². The van der Waals surface area contributed by atoms with Gasteiger partial charge in [-0.3, -0.25) is 0 Å². The van der Waals surface area contributed by atoms with Gasteiger partial charge in [0.15, 0.2) is 0 Å². The van der Waals surface area contributed by atoms with Crippen LogP contribution in [0.2, 0.25) is 0 Å². The van der Waals surface area contributed by atoms with Gasteiger partial charge in [-0.25, -0.2) is 0 Å². The van der Waals surface area contributed by atoms with E-state index in [-0.39, 0.29) is 6.04 Å². The highest BCUT2D eigenvalue weighted by Gasteiger charge is 2.11. The molecule has 1 atom stereocenters. The highest BCUT2D eigenvalue weighted by atomic mass is 16.5. The van der Waals surface area contributed by atoms with Crippen LogP contribution in [0.1, 0.15) is 17.2 Å². The molecule has 0 spiro atoms. The zero-order valence-electron chi connectivity index (χ0n) is 11.3. The number of rotatable bonds is 5. The monoisotopic (exact) mass is 257 g/mol. The number of hydrogen-bond acceptors (Lipinski definition) is 3. The fraction of sp³-hybridized carbons (Fsp3) is 0.250. The van der Waals surface area contributed by atoms with Gasteiger partial charge >= 0.3 is 0 Å². The van der Waals surface area contributed by atoms with Crippen molar-refractivity contribution >= 4 is 0 Å². The van der Waals surface area contributed by atoms with Crippen LogP contribution in [-0.4, -0.2) is 14.2 Å². The van der Waals surface area contributed by atoms with E-state index in [9.17, 15) is 0 Å². The molecule has 3 nitrogen and oxygen atoms in total. The van der Waals surface area contributed by atoms with Crippen molar-refractivity contribution in [3.05, 3.63) is 59.7 Å². The van der Waals surface area contributed by atoms with Crippen LogP contribution >= 0.6 is 0 Å². The van der Waals surface area contributed by atoms with Gasteiger partial charge in [-0.2, -0.15) is 0 Å². The lowest BCUT2D eigenvalue weighted by atomic mass is 9.99. The average Bonchev–Trinajstić information content (AvgIpc) is 2.48. The molecule has 0 fully saturated rings. The van der Waals surface area contributed by atoms with E-state index in [2.05, 4.69) is 0 Å². The Balaban J connectivity index is 2.19. The molecule has 0 saturated carbocycles. The van der Waals surface area contributed by atoms with Crippen LogP contribution < -0.4 is 15.2 Å². The molecule has 0 bridgehead atoms. The van der Waals surface area contributed by atoms with E-state index in [4.69, 9.17) is 15.2 Å². The smallest absolute Gasteiger partial charge is 0.125 e. The van der Waals surface area contributed by atoms with E-state index < -0.39 is 0 Å². The highest BCUT2D eigenvalue weighted by molar-refractivity contribution is 5.41. The second-order valence-electron chi connectivity index (χ2n) is 4.40. The van der Waals surface area contributed by atoms with Crippen molar-refractivity contribution in [2.75, 3.05) is 14.2 Å². The summed E-state index contributed by atoms with van der Waals surface area (Å²) in [6, 6.07) is 15.8. The third kappa shape index (κ3) is 3.26. The zero-order valence-corrected chi connectivity index (χ0v) is 11.3. The number of benzene rings is 2. The van der Waals surface area contributed by atoms with E-state index in [0.29, 0.717) is 0 Å². The van der Waals surface area contributed by atoms with Gasteiger partial charge in [0, 0.05) is 12.1 Å². The summed E-state index contributed by atoms with van der Waals surface area (Å²) in [6.45, 7) is 0. The molecule has 2 aromatic rings. The Morgan fingerprint density at radius 1 is 1.00 bits per heavy atom. The molecule has 0 saturated heterocycles. The average molecular weight is 257 g/mol. The lowest BCUT2D eigenvalue weighted by Crippen LogP contribution is -2.13. The first-order valence-corrected chi connectivity index (χ1v) is 6.26. The molecule has 0 aliphatic heterocycles. The lowest BCUT2D eigenvalue weighted by Gasteiger charge is -2.15. The van der Waals surface area contributed by atoms with Crippen LogP contribution in [0.3, 0.4) is 0 Å². The maximum atomic E-state index is 6.23. The molecule has 0 radical (unpaired) electrons. The van der Waals surface area contributed by atoms with E-state index in [1.54, 1.807) is 14.2 Å². The SMILES string of the molecule is COc1ccc(CC(N)c2ccccc2)c(OC)c1. The molecule has 2 rings (SSSR count). The minimum atomic E-state index is -0.0384. The summed E-state index contributed by atoms with van der Waals surface area (Å²) in [6.07, 6.45) is 0.733. The van der Waals surface area contributed by atoms with Gasteiger partial charge in [-0.05, 0) is 23.6 Å². The number of methoxy groups -OCH3 is 2. The number of hydrogen-bond donors (Lipinski definition) is 1. The summed E-state index contributed by atoms with van der Waals surface area (Å²) in [5.41, 5.74) is 8.44. The van der Waals surface area contributed by atoms with Crippen molar-refractivity contribution in [1.82, 2.24) is 0 Å². The molecule has 0 aromatic heterocycles. The Morgan fingerprint density at radius 3 is 2.37 bits per heavy atom. The van der Waals surface area contributed by atoms with Crippen LogP contribution in [0.5, 0.6) is 11.5 Å². The lowest BCUT2D eigenvalue weighted by molar-refractivity contribution is 0.390. The molecule has 3 heteroatoms. The van der Waals surface area contributed by atoms with Crippen LogP contribution in [0, 0.1) is 0 Å². The summed E-state index contributed by atoms with van der Waals surface area (Å²) in [5, 5.41) is 0. The summed E-state index contributed by atoms with van der Waals surface area (Å²) in [5.74, 6) is 1.60. The Morgan fingerprint density at radius 2 is 1.74 bits per heavy atom. The van der Waals surface area contributed by atoms with Crippen LogP contribution in [0.25, 0.3) is 0 Å². The predicted octanol–water partition coefficient (Wildman–Crippen LogP) is 2.95. The van der Waals surface area contributed by atoms with Crippen molar-refractivity contribution < 1.29 is 9.47 Å². The predicted molar refractivity (Wildman–Crippen MR) is 76.6 cm³/mol. The Bertz CT molecular complexity index is 526. The Kier molecular flexibility index (Phi) is 4.42. The summed E-state index contributed by atoms with van der Waals surface area (Å²) >= 11 is 0. The van der Waals surface area contributed by atoms with Gasteiger partial charge in [-0.1, -0.05) is 36.4 Å². The van der Waals surface area contributed by atoms with Gasteiger partial charge in [0.1, 0.15) is 11.5 Å². The fourth-order valence-corrected chi connectivity index (χ4v) is 2.08. The van der Waals surface area contributed by atoms with E-state index in [1.807, 2.05) is 48.5 Å². The normalized spacial score (nSPS) is 11.9. The van der Waals surface area contributed by atoms with Crippen LogP contribution in [-0.2, 0) is 6.42 Å². The molecule has 2 N–H and O–H groups in total. The van der Waals surface area contributed by atoms with Gasteiger partial charge in [-0.15, -0.1) is 0 Å². The molecule has 100 valence electrons. The minimum absolute atomic E-state index is 0.0384. The van der Waals surface area contributed by atoms with Gasteiger partial charge < -0.3 is 15.2 Å². The van der Waals surface area contributed by atoms with Gasteiger partial charge in [0.2, 0.25) is 0 Å². The molecular formula is C16H19NO2. The van der Waals surface area contributed by atoms with E-state index in [1.165, 1.54) is 0 Å². The zero-order chi connectivity index (χ0) is 13.7. The third-order valence-electron chi connectivity index (χ3n) is 3.16. The molecule has 0 amide bonds. The topological polar surface area (TPSA) is 44.5 Å². The molecule has 2 aromatic carbocycles. The molecule has 0 aliphatic rings. The summed E-state index contributed by atoms with van der Waals surface area (Å²) in [4.78, 5) is 0. The standard InChI is InChI=1S/C16H19NO2/c1-18-14-9-8-13(16(11-14)19-2)10-15(17)12-6-4-3-5-7-12/h3-9,11,15H,10,17H2,1-2H3. The Hall–Kier alpha value is -2.00. The molecule has 1 unspecified atom stereocenters. The van der Waals surface area contributed by atoms with Crippen molar-refractivity contribution in [1.29, 1.82) is 0 Å². The molecule has 19 heavy (non-hydrogen) atoms. The first-order chi connectivity index (χ1) is 9.24. The van der Waals surface area contributed by atoms with Crippen LogP contribution in [0.15, 0.2) is 48.5 Å². The quantitative estimate of drug-likeness (QED) is 0.895. The van der Waals surface area contributed by atoms with Crippen molar-refractivity contribution in [3.8, 4) is 11.5 Å². The maximum absolute atomic E-state index is 6.23. The Labute approximate surface area is 114 Å².